The highest BCUT2D eigenvalue weighted by atomic mass is 19.1. The molecular weight excluding hydrogens is 234 g/mol. The molecule has 0 aromatic heterocycles. The number of halogens is 2. The number of benzene rings is 1. The number of piperidine rings is 1. The smallest absolute Gasteiger partial charge is 0.149 e. The summed E-state index contributed by atoms with van der Waals surface area (Å²) in [5.41, 5.74) is 0.392. The minimum Gasteiger partial charge on any atom is -0.380 e. The fraction of sp³-hybridized carbons (Fsp3) is 0.571. The third kappa shape index (κ3) is 3.19. The fourth-order valence-corrected chi connectivity index (χ4v) is 2.50. The first-order valence-electron chi connectivity index (χ1n) is 6.46. The summed E-state index contributed by atoms with van der Waals surface area (Å²) in [6, 6.07) is 3.88. The van der Waals surface area contributed by atoms with Crippen molar-refractivity contribution >= 4 is 5.69 Å². The molecule has 0 bridgehead atoms. The van der Waals surface area contributed by atoms with Gasteiger partial charge in [0.15, 0.2) is 0 Å². The van der Waals surface area contributed by atoms with Crippen LogP contribution >= 0.6 is 0 Å². The molecule has 1 aliphatic rings. The minimum absolute atomic E-state index is 0.207. The Balaban J connectivity index is 1.96. The zero-order valence-corrected chi connectivity index (χ0v) is 10.9. The third-order valence-electron chi connectivity index (χ3n) is 3.78. The molecule has 2 rings (SSSR count). The predicted octanol–water partition coefficient (Wildman–Crippen LogP) is 3.11. The second-order valence-corrected chi connectivity index (χ2v) is 5.20. The molecule has 0 spiro atoms. The molecule has 18 heavy (non-hydrogen) atoms. The Labute approximate surface area is 107 Å². The Morgan fingerprint density at radius 2 is 1.94 bits per heavy atom. The molecule has 1 aromatic rings. The van der Waals surface area contributed by atoms with Crippen LogP contribution in [0, 0.1) is 17.6 Å². The summed E-state index contributed by atoms with van der Waals surface area (Å²) in [6.07, 6.45) is 2.24. The van der Waals surface area contributed by atoms with Crippen molar-refractivity contribution in [2.45, 2.75) is 25.8 Å². The van der Waals surface area contributed by atoms with Crippen LogP contribution in [0.3, 0.4) is 0 Å². The highest BCUT2D eigenvalue weighted by Gasteiger charge is 2.22. The lowest BCUT2D eigenvalue weighted by molar-refractivity contribution is 0.208. The molecule has 0 amide bonds. The van der Waals surface area contributed by atoms with Crippen molar-refractivity contribution < 1.29 is 8.78 Å². The van der Waals surface area contributed by atoms with Crippen molar-refractivity contribution in [3.05, 3.63) is 29.8 Å². The van der Waals surface area contributed by atoms with Crippen molar-refractivity contribution in [1.29, 1.82) is 0 Å². The summed E-state index contributed by atoms with van der Waals surface area (Å²) in [4.78, 5) is 2.31. The fourth-order valence-electron chi connectivity index (χ4n) is 2.50. The van der Waals surface area contributed by atoms with Gasteiger partial charge in [-0.1, -0.05) is 0 Å². The molecule has 1 fully saturated rings. The Hall–Kier alpha value is -1.16. The summed E-state index contributed by atoms with van der Waals surface area (Å²) in [5.74, 6) is -0.509. The van der Waals surface area contributed by atoms with Gasteiger partial charge in [0.25, 0.3) is 0 Å². The molecule has 2 nitrogen and oxygen atoms in total. The van der Waals surface area contributed by atoms with Crippen LogP contribution in [0.1, 0.15) is 19.8 Å². The van der Waals surface area contributed by atoms with E-state index in [2.05, 4.69) is 24.2 Å². The quantitative estimate of drug-likeness (QED) is 0.891. The standard InChI is InChI=1S/C14H20F2N2/c1-10(11-5-7-18(2)8-6-11)17-14-4-3-12(15)9-13(14)16/h3-4,9-11,17H,5-8H2,1-2H3. The van der Waals surface area contributed by atoms with E-state index in [4.69, 9.17) is 0 Å². The number of hydrogen-bond acceptors (Lipinski definition) is 2. The Kier molecular flexibility index (Phi) is 4.17. The normalized spacial score (nSPS) is 19.8. The number of likely N-dealkylation sites (tertiary alicyclic amines) is 1. The van der Waals surface area contributed by atoms with Crippen molar-refractivity contribution in [1.82, 2.24) is 4.90 Å². The summed E-state index contributed by atoms with van der Waals surface area (Å²) in [5, 5.41) is 3.16. The van der Waals surface area contributed by atoms with Crippen LogP contribution in [0.5, 0.6) is 0 Å². The Bertz CT molecular complexity index is 401. The minimum atomic E-state index is -0.537. The molecule has 1 N–H and O–H groups in total. The Morgan fingerprint density at radius 3 is 2.56 bits per heavy atom. The second kappa shape index (κ2) is 5.65. The lowest BCUT2D eigenvalue weighted by Crippen LogP contribution is -2.37. The first-order valence-corrected chi connectivity index (χ1v) is 6.46. The number of rotatable bonds is 3. The molecule has 0 saturated carbocycles. The number of nitrogens with one attached hydrogen (secondary N) is 1. The second-order valence-electron chi connectivity index (χ2n) is 5.20. The van der Waals surface area contributed by atoms with E-state index >= 15 is 0 Å². The van der Waals surface area contributed by atoms with Crippen LogP contribution in [0.15, 0.2) is 18.2 Å². The zero-order valence-electron chi connectivity index (χ0n) is 10.9. The molecule has 0 radical (unpaired) electrons. The SMILES string of the molecule is CC(Nc1ccc(F)cc1F)C1CCN(C)CC1. The lowest BCUT2D eigenvalue weighted by Gasteiger charge is -2.33. The van der Waals surface area contributed by atoms with Crippen LogP contribution in [-0.2, 0) is 0 Å². The van der Waals surface area contributed by atoms with E-state index in [9.17, 15) is 8.78 Å². The van der Waals surface area contributed by atoms with Crippen LogP contribution in [0.2, 0.25) is 0 Å². The van der Waals surface area contributed by atoms with Crippen molar-refractivity contribution in [2.24, 2.45) is 5.92 Å². The van der Waals surface area contributed by atoms with E-state index in [1.807, 2.05) is 0 Å². The van der Waals surface area contributed by atoms with Crippen LogP contribution in [0.25, 0.3) is 0 Å². The van der Waals surface area contributed by atoms with Crippen LogP contribution in [0.4, 0.5) is 14.5 Å². The van der Waals surface area contributed by atoms with Gasteiger partial charge in [-0.3, -0.25) is 0 Å². The average molecular weight is 254 g/mol. The average Bonchev–Trinajstić information content (AvgIpc) is 2.33. The first kappa shape index (κ1) is 13.3. The van der Waals surface area contributed by atoms with E-state index < -0.39 is 11.6 Å². The molecule has 100 valence electrons. The van der Waals surface area contributed by atoms with Gasteiger partial charge in [0.2, 0.25) is 0 Å². The van der Waals surface area contributed by atoms with Crippen LogP contribution < -0.4 is 5.32 Å². The van der Waals surface area contributed by atoms with E-state index in [0.29, 0.717) is 11.6 Å². The lowest BCUT2D eigenvalue weighted by atomic mass is 9.90. The summed E-state index contributed by atoms with van der Waals surface area (Å²) in [7, 11) is 2.12. The number of nitrogens with zero attached hydrogens (tertiary/aromatic N) is 1. The molecule has 1 saturated heterocycles. The first-order chi connectivity index (χ1) is 8.56. The molecule has 1 aromatic carbocycles. The maximum absolute atomic E-state index is 13.5. The maximum Gasteiger partial charge on any atom is 0.149 e. The van der Waals surface area contributed by atoms with Gasteiger partial charge in [0, 0.05) is 12.1 Å². The van der Waals surface area contributed by atoms with Gasteiger partial charge >= 0.3 is 0 Å². The summed E-state index contributed by atoms with van der Waals surface area (Å²) < 4.78 is 26.3. The topological polar surface area (TPSA) is 15.3 Å². The van der Waals surface area contributed by atoms with Gasteiger partial charge in [-0.15, -0.1) is 0 Å². The monoisotopic (exact) mass is 254 g/mol. The molecule has 1 heterocycles. The Morgan fingerprint density at radius 1 is 1.28 bits per heavy atom. The van der Waals surface area contributed by atoms with E-state index in [0.717, 1.165) is 32.0 Å². The largest absolute Gasteiger partial charge is 0.380 e. The predicted molar refractivity (Wildman–Crippen MR) is 69.7 cm³/mol. The van der Waals surface area contributed by atoms with Gasteiger partial charge < -0.3 is 10.2 Å². The van der Waals surface area contributed by atoms with Crippen molar-refractivity contribution in [2.75, 3.05) is 25.5 Å². The summed E-state index contributed by atoms with van der Waals surface area (Å²) >= 11 is 0. The van der Waals surface area contributed by atoms with E-state index in [1.54, 1.807) is 0 Å². The van der Waals surface area contributed by atoms with E-state index in [-0.39, 0.29) is 6.04 Å². The number of hydrogen-bond donors (Lipinski definition) is 1. The maximum atomic E-state index is 13.5. The number of anilines is 1. The van der Waals surface area contributed by atoms with E-state index in [1.165, 1.54) is 12.1 Å². The van der Waals surface area contributed by atoms with Gasteiger partial charge in [0.05, 0.1) is 5.69 Å². The summed E-state index contributed by atoms with van der Waals surface area (Å²) in [6.45, 7) is 4.24. The van der Waals surface area contributed by atoms with Gasteiger partial charge in [-0.25, -0.2) is 8.78 Å². The molecule has 0 aliphatic carbocycles. The molecule has 1 unspecified atom stereocenters. The molecule has 1 atom stereocenters. The third-order valence-corrected chi connectivity index (χ3v) is 3.78. The van der Waals surface area contributed by atoms with Gasteiger partial charge in [0.1, 0.15) is 11.6 Å². The molecule has 4 heteroatoms. The van der Waals surface area contributed by atoms with Crippen molar-refractivity contribution in [3.63, 3.8) is 0 Å². The highest BCUT2D eigenvalue weighted by Crippen LogP contribution is 2.24. The molecular formula is C14H20F2N2. The van der Waals surface area contributed by atoms with Gasteiger partial charge in [-0.2, -0.15) is 0 Å². The van der Waals surface area contributed by atoms with Crippen molar-refractivity contribution in [3.8, 4) is 0 Å². The highest BCUT2D eigenvalue weighted by molar-refractivity contribution is 5.45. The van der Waals surface area contributed by atoms with Crippen LogP contribution in [-0.4, -0.2) is 31.1 Å². The van der Waals surface area contributed by atoms with Gasteiger partial charge in [-0.05, 0) is 58.0 Å². The zero-order chi connectivity index (χ0) is 13.1. The molecule has 1 aliphatic heterocycles.